The molecule has 0 aromatic heterocycles. The van der Waals surface area contributed by atoms with Crippen LogP contribution in [0.1, 0.15) is 22.8 Å². The van der Waals surface area contributed by atoms with Crippen molar-refractivity contribution in [2.75, 3.05) is 6.61 Å². The lowest BCUT2D eigenvalue weighted by Crippen LogP contribution is -2.01. The molecule has 0 saturated carbocycles. The SMILES string of the molecule is CCOc1cc(C=O)cc(OCc2ccccc2)c1I. The van der Waals surface area contributed by atoms with E-state index in [1.54, 1.807) is 12.1 Å². The standard InChI is InChI=1S/C16H15IO3/c1-2-19-14-8-13(10-18)9-15(16(14)17)20-11-12-6-4-3-5-7-12/h3-10H,2,11H2,1H3. The lowest BCUT2D eigenvalue weighted by atomic mass is 10.2. The van der Waals surface area contributed by atoms with E-state index in [0.717, 1.165) is 15.4 Å². The Morgan fingerprint density at radius 2 is 1.75 bits per heavy atom. The van der Waals surface area contributed by atoms with Gasteiger partial charge in [-0.2, -0.15) is 0 Å². The third-order valence-electron chi connectivity index (χ3n) is 2.70. The van der Waals surface area contributed by atoms with E-state index in [-0.39, 0.29) is 0 Å². The summed E-state index contributed by atoms with van der Waals surface area (Å²) in [5, 5.41) is 0. The number of carbonyl (C=O) groups excluding carboxylic acids is 1. The smallest absolute Gasteiger partial charge is 0.150 e. The van der Waals surface area contributed by atoms with E-state index in [4.69, 9.17) is 9.47 Å². The molecule has 0 unspecified atom stereocenters. The van der Waals surface area contributed by atoms with Crippen LogP contribution in [0.3, 0.4) is 0 Å². The van der Waals surface area contributed by atoms with E-state index >= 15 is 0 Å². The number of hydrogen-bond acceptors (Lipinski definition) is 3. The van der Waals surface area contributed by atoms with Crippen molar-refractivity contribution in [1.82, 2.24) is 0 Å². The maximum atomic E-state index is 11.0. The van der Waals surface area contributed by atoms with Gasteiger partial charge in [-0.15, -0.1) is 0 Å². The molecule has 0 heterocycles. The first-order valence-electron chi connectivity index (χ1n) is 6.33. The van der Waals surface area contributed by atoms with Crippen molar-refractivity contribution in [2.45, 2.75) is 13.5 Å². The van der Waals surface area contributed by atoms with Crippen LogP contribution in [0, 0.1) is 3.57 Å². The number of carbonyl (C=O) groups is 1. The van der Waals surface area contributed by atoms with Crippen molar-refractivity contribution in [3.63, 3.8) is 0 Å². The molecule has 0 fully saturated rings. The molecule has 4 heteroatoms. The molecule has 0 aliphatic carbocycles. The third kappa shape index (κ3) is 3.72. The minimum atomic E-state index is 0.463. The second kappa shape index (κ2) is 7.28. The first-order valence-corrected chi connectivity index (χ1v) is 7.40. The monoisotopic (exact) mass is 382 g/mol. The highest BCUT2D eigenvalue weighted by atomic mass is 127. The third-order valence-corrected chi connectivity index (χ3v) is 3.76. The van der Waals surface area contributed by atoms with Crippen LogP contribution in [-0.2, 0) is 6.61 Å². The number of ether oxygens (including phenoxy) is 2. The molecule has 0 saturated heterocycles. The minimum Gasteiger partial charge on any atom is -0.493 e. The molecule has 2 aromatic rings. The van der Waals surface area contributed by atoms with Crippen LogP contribution in [0.15, 0.2) is 42.5 Å². The summed E-state index contributed by atoms with van der Waals surface area (Å²) < 4.78 is 12.2. The lowest BCUT2D eigenvalue weighted by Gasteiger charge is -2.13. The number of halogens is 1. The number of hydrogen-bond donors (Lipinski definition) is 0. The Morgan fingerprint density at radius 3 is 2.35 bits per heavy atom. The van der Waals surface area contributed by atoms with Crippen LogP contribution >= 0.6 is 22.6 Å². The fraction of sp³-hybridized carbons (Fsp3) is 0.188. The van der Waals surface area contributed by atoms with Crippen molar-refractivity contribution in [2.24, 2.45) is 0 Å². The average molecular weight is 382 g/mol. The highest BCUT2D eigenvalue weighted by molar-refractivity contribution is 14.1. The molecule has 0 bridgehead atoms. The molecule has 20 heavy (non-hydrogen) atoms. The van der Waals surface area contributed by atoms with E-state index in [1.165, 1.54) is 0 Å². The van der Waals surface area contributed by atoms with Crippen molar-refractivity contribution >= 4 is 28.9 Å². The summed E-state index contributed by atoms with van der Waals surface area (Å²) in [5.74, 6) is 1.35. The molecule has 0 aliphatic rings. The Balaban J connectivity index is 2.21. The number of rotatable bonds is 6. The highest BCUT2D eigenvalue weighted by Gasteiger charge is 2.11. The van der Waals surface area contributed by atoms with Crippen LogP contribution in [0.5, 0.6) is 11.5 Å². The normalized spacial score (nSPS) is 10.1. The summed E-state index contributed by atoms with van der Waals surface area (Å²) >= 11 is 2.17. The molecule has 0 N–H and O–H groups in total. The topological polar surface area (TPSA) is 35.5 Å². The molecule has 0 atom stereocenters. The van der Waals surface area contributed by atoms with E-state index < -0.39 is 0 Å². The zero-order valence-electron chi connectivity index (χ0n) is 11.1. The molecule has 0 amide bonds. The summed E-state index contributed by atoms with van der Waals surface area (Å²) in [5.41, 5.74) is 1.63. The van der Waals surface area contributed by atoms with Crippen LogP contribution in [-0.4, -0.2) is 12.9 Å². The molecule has 3 nitrogen and oxygen atoms in total. The van der Waals surface area contributed by atoms with Crippen LogP contribution < -0.4 is 9.47 Å². The fourth-order valence-electron chi connectivity index (χ4n) is 1.76. The molecule has 0 aliphatic heterocycles. The summed E-state index contributed by atoms with van der Waals surface area (Å²) in [6.07, 6.45) is 0.800. The van der Waals surface area contributed by atoms with Crippen LogP contribution in [0.2, 0.25) is 0 Å². The van der Waals surface area contributed by atoms with Crippen LogP contribution in [0.4, 0.5) is 0 Å². The highest BCUT2D eigenvalue weighted by Crippen LogP contribution is 2.32. The molecule has 2 aromatic carbocycles. The van der Waals surface area contributed by atoms with Gasteiger partial charge in [-0.25, -0.2) is 0 Å². The minimum absolute atomic E-state index is 0.463. The van der Waals surface area contributed by atoms with Gasteiger partial charge in [0.15, 0.2) is 0 Å². The molecule has 0 radical (unpaired) electrons. The predicted octanol–water partition coefficient (Wildman–Crippen LogP) is 4.08. The van der Waals surface area contributed by atoms with Gasteiger partial charge in [0.05, 0.1) is 10.2 Å². The van der Waals surface area contributed by atoms with E-state index in [1.807, 2.05) is 37.3 Å². The Labute approximate surface area is 132 Å². The van der Waals surface area contributed by atoms with Crippen molar-refractivity contribution < 1.29 is 14.3 Å². The van der Waals surface area contributed by atoms with Gasteiger partial charge in [-0.1, -0.05) is 30.3 Å². The summed E-state index contributed by atoms with van der Waals surface area (Å²) in [7, 11) is 0. The number of benzene rings is 2. The zero-order valence-corrected chi connectivity index (χ0v) is 13.3. The van der Waals surface area contributed by atoms with Gasteiger partial charge in [0.25, 0.3) is 0 Å². The van der Waals surface area contributed by atoms with Crippen LogP contribution in [0.25, 0.3) is 0 Å². The molecular formula is C16H15IO3. The first-order chi connectivity index (χ1) is 9.74. The lowest BCUT2D eigenvalue weighted by molar-refractivity contribution is 0.112. The van der Waals surface area contributed by atoms with Crippen molar-refractivity contribution in [3.8, 4) is 11.5 Å². The van der Waals surface area contributed by atoms with Gasteiger partial charge in [-0.3, -0.25) is 4.79 Å². The molecular weight excluding hydrogens is 367 g/mol. The first kappa shape index (κ1) is 14.8. The predicted molar refractivity (Wildman–Crippen MR) is 86.5 cm³/mol. The molecule has 104 valence electrons. The summed E-state index contributed by atoms with van der Waals surface area (Å²) in [4.78, 5) is 11.0. The van der Waals surface area contributed by atoms with Crippen molar-refractivity contribution in [1.29, 1.82) is 0 Å². The summed E-state index contributed by atoms with van der Waals surface area (Å²) in [6.45, 7) is 2.93. The number of aldehydes is 1. The Hall–Kier alpha value is -1.56. The van der Waals surface area contributed by atoms with Gasteiger partial charge < -0.3 is 9.47 Å². The largest absolute Gasteiger partial charge is 0.493 e. The van der Waals surface area contributed by atoms with Gasteiger partial charge in [-0.05, 0) is 47.2 Å². The fourth-order valence-corrected chi connectivity index (χ4v) is 2.38. The van der Waals surface area contributed by atoms with Gasteiger partial charge in [0, 0.05) is 5.56 Å². The maximum absolute atomic E-state index is 11.0. The Bertz CT molecular complexity index is 582. The van der Waals surface area contributed by atoms with E-state index in [0.29, 0.717) is 30.3 Å². The summed E-state index contributed by atoms with van der Waals surface area (Å²) in [6, 6.07) is 13.4. The van der Waals surface area contributed by atoms with Gasteiger partial charge in [0.1, 0.15) is 24.4 Å². The van der Waals surface area contributed by atoms with Gasteiger partial charge >= 0.3 is 0 Å². The van der Waals surface area contributed by atoms with Crippen molar-refractivity contribution in [3.05, 3.63) is 57.2 Å². The van der Waals surface area contributed by atoms with E-state index in [9.17, 15) is 4.79 Å². The Morgan fingerprint density at radius 1 is 1.10 bits per heavy atom. The maximum Gasteiger partial charge on any atom is 0.150 e. The Kier molecular flexibility index (Phi) is 5.40. The molecule has 2 rings (SSSR count). The zero-order chi connectivity index (χ0) is 14.4. The quantitative estimate of drug-likeness (QED) is 0.558. The second-order valence-electron chi connectivity index (χ2n) is 4.16. The van der Waals surface area contributed by atoms with Gasteiger partial charge in [0.2, 0.25) is 0 Å². The second-order valence-corrected chi connectivity index (χ2v) is 5.24. The van der Waals surface area contributed by atoms with E-state index in [2.05, 4.69) is 22.6 Å². The average Bonchev–Trinajstić information content (AvgIpc) is 2.49. The molecule has 0 spiro atoms.